The molecule has 0 saturated carbocycles. The van der Waals surface area contributed by atoms with Gasteiger partial charge in [0.15, 0.2) is 0 Å². The summed E-state index contributed by atoms with van der Waals surface area (Å²) in [7, 11) is 0. The summed E-state index contributed by atoms with van der Waals surface area (Å²) < 4.78 is 2.59. The van der Waals surface area contributed by atoms with Crippen LogP contribution in [0.25, 0.3) is 5.69 Å². The van der Waals surface area contributed by atoms with Crippen LogP contribution in [0.5, 0.6) is 0 Å². The summed E-state index contributed by atoms with van der Waals surface area (Å²) in [4.78, 5) is 15.9. The number of hydrogen-bond donors (Lipinski definition) is 1. The zero-order chi connectivity index (χ0) is 12.7. The molecule has 1 aliphatic heterocycles. The van der Waals surface area contributed by atoms with E-state index >= 15 is 0 Å². The number of aryl methyl sites for hydroxylation is 1. The second kappa shape index (κ2) is 4.20. The summed E-state index contributed by atoms with van der Waals surface area (Å²) >= 11 is 3.36. The number of amides is 1. The fourth-order valence-corrected chi connectivity index (χ4v) is 2.44. The highest BCUT2D eigenvalue weighted by Crippen LogP contribution is 2.22. The molecule has 6 heteroatoms. The molecule has 0 atom stereocenters. The Labute approximate surface area is 112 Å². The third kappa shape index (κ3) is 1.73. The van der Waals surface area contributed by atoms with Crippen molar-refractivity contribution in [1.82, 2.24) is 20.1 Å². The molecule has 18 heavy (non-hydrogen) atoms. The number of carbonyl (C=O) groups is 1. The van der Waals surface area contributed by atoms with Gasteiger partial charge in [0, 0.05) is 19.2 Å². The summed E-state index contributed by atoms with van der Waals surface area (Å²) in [5, 5.41) is 7.14. The summed E-state index contributed by atoms with van der Waals surface area (Å²) in [6, 6.07) is 1.91. The Bertz CT molecular complexity index is 635. The summed E-state index contributed by atoms with van der Waals surface area (Å²) in [5.41, 5.74) is 3.59. The first-order valence-electron chi connectivity index (χ1n) is 5.64. The van der Waals surface area contributed by atoms with Gasteiger partial charge in [-0.15, -0.1) is 0 Å². The highest BCUT2D eigenvalue weighted by molar-refractivity contribution is 9.10. The number of rotatable bonds is 1. The summed E-state index contributed by atoms with van der Waals surface area (Å²) in [6.07, 6.45) is 4.20. The lowest BCUT2D eigenvalue weighted by atomic mass is 10.1. The van der Waals surface area contributed by atoms with E-state index in [-0.39, 0.29) is 5.91 Å². The van der Waals surface area contributed by atoms with Crippen molar-refractivity contribution in [2.45, 2.75) is 13.3 Å². The maximum atomic E-state index is 11.7. The van der Waals surface area contributed by atoms with Crippen LogP contribution in [0, 0.1) is 6.92 Å². The van der Waals surface area contributed by atoms with E-state index in [0.29, 0.717) is 12.1 Å². The van der Waals surface area contributed by atoms with E-state index in [0.717, 1.165) is 28.0 Å². The van der Waals surface area contributed by atoms with Gasteiger partial charge in [0.05, 0.1) is 23.1 Å². The standard InChI is InChI=1S/C12H11BrN4O/c1-7-5-15-11(13)4-10(7)17-9-2-3-14-12(18)8(9)6-16-17/h4-6H,2-3H2,1H3,(H,14,18). The van der Waals surface area contributed by atoms with Crippen molar-refractivity contribution < 1.29 is 4.79 Å². The average molecular weight is 307 g/mol. The van der Waals surface area contributed by atoms with Crippen molar-refractivity contribution in [2.24, 2.45) is 0 Å². The zero-order valence-corrected chi connectivity index (χ0v) is 11.4. The van der Waals surface area contributed by atoms with Crippen LogP contribution in [0.2, 0.25) is 0 Å². The van der Waals surface area contributed by atoms with Crippen molar-refractivity contribution in [3.63, 3.8) is 0 Å². The predicted octanol–water partition coefficient (Wildman–Crippen LogP) is 1.62. The number of halogens is 1. The van der Waals surface area contributed by atoms with Gasteiger partial charge in [-0.1, -0.05) is 0 Å². The van der Waals surface area contributed by atoms with E-state index in [1.54, 1.807) is 12.4 Å². The molecule has 0 radical (unpaired) electrons. The van der Waals surface area contributed by atoms with Crippen LogP contribution in [-0.2, 0) is 6.42 Å². The molecule has 0 unspecified atom stereocenters. The van der Waals surface area contributed by atoms with Crippen LogP contribution in [-0.4, -0.2) is 27.2 Å². The average Bonchev–Trinajstić information content (AvgIpc) is 2.77. The molecule has 1 aliphatic rings. The number of fused-ring (bicyclic) bond motifs is 1. The largest absolute Gasteiger partial charge is 0.352 e. The van der Waals surface area contributed by atoms with E-state index in [1.807, 2.05) is 17.7 Å². The Balaban J connectivity index is 2.18. The molecular formula is C12H11BrN4O. The van der Waals surface area contributed by atoms with Gasteiger partial charge in [-0.25, -0.2) is 9.67 Å². The quantitative estimate of drug-likeness (QED) is 0.815. The second-order valence-corrected chi connectivity index (χ2v) is 5.03. The van der Waals surface area contributed by atoms with Gasteiger partial charge < -0.3 is 5.32 Å². The molecule has 0 saturated heterocycles. The number of nitrogens with one attached hydrogen (secondary N) is 1. The highest BCUT2D eigenvalue weighted by atomic mass is 79.9. The first-order valence-corrected chi connectivity index (χ1v) is 6.44. The molecule has 3 rings (SSSR count). The minimum Gasteiger partial charge on any atom is -0.352 e. The molecule has 1 amide bonds. The minimum atomic E-state index is -0.0479. The summed E-state index contributed by atoms with van der Waals surface area (Å²) in [6.45, 7) is 2.63. The van der Waals surface area contributed by atoms with Crippen LogP contribution >= 0.6 is 15.9 Å². The van der Waals surface area contributed by atoms with Crippen molar-refractivity contribution in [3.05, 3.63) is 39.9 Å². The van der Waals surface area contributed by atoms with Crippen molar-refractivity contribution in [1.29, 1.82) is 0 Å². The predicted molar refractivity (Wildman–Crippen MR) is 69.8 cm³/mol. The Hall–Kier alpha value is -1.69. The number of carbonyl (C=O) groups excluding carboxylic acids is 1. The second-order valence-electron chi connectivity index (χ2n) is 4.22. The molecule has 0 fully saturated rings. The van der Waals surface area contributed by atoms with E-state index in [2.05, 4.69) is 31.3 Å². The Morgan fingerprint density at radius 2 is 2.28 bits per heavy atom. The first kappa shape index (κ1) is 11.4. The lowest BCUT2D eigenvalue weighted by molar-refractivity contribution is 0.0945. The first-order chi connectivity index (χ1) is 8.66. The molecular weight excluding hydrogens is 296 g/mol. The van der Waals surface area contributed by atoms with Gasteiger partial charge in [-0.2, -0.15) is 5.10 Å². The smallest absolute Gasteiger partial charge is 0.254 e. The molecule has 0 aromatic carbocycles. The van der Waals surface area contributed by atoms with Crippen LogP contribution in [0.3, 0.4) is 0 Å². The Morgan fingerprint density at radius 1 is 1.44 bits per heavy atom. The fraction of sp³-hybridized carbons (Fsp3) is 0.250. The number of aromatic nitrogens is 3. The summed E-state index contributed by atoms with van der Waals surface area (Å²) in [5.74, 6) is -0.0479. The van der Waals surface area contributed by atoms with Gasteiger partial charge in [0.25, 0.3) is 5.91 Å². The normalized spacial score (nSPS) is 14.2. The molecule has 0 bridgehead atoms. The maximum Gasteiger partial charge on any atom is 0.254 e. The monoisotopic (exact) mass is 306 g/mol. The van der Waals surface area contributed by atoms with Crippen LogP contribution < -0.4 is 5.32 Å². The maximum absolute atomic E-state index is 11.7. The molecule has 2 aromatic heterocycles. The minimum absolute atomic E-state index is 0.0479. The molecule has 92 valence electrons. The molecule has 0 spiro atoms. The lowest BCUT2D eigenvalue weighted by Crippen LogP contribution is -2.32. The van der Waals surface area contributed by atoms with E-state index in [9.17, 15) is 4.79 Å². The fourth-order valence-electron chi connectivity index (χ4n) is 2.12. The third-order valence-corrected chi connectivity index (χ3v) is 3.46. The molecule has 3 heterocycles. The van der Waals surface area contributed by atoms with Gasteiger partial charge in [-0.3, -0.25) is 4.79 Å². The van der Waals surface area contributed by atoms with Crippen LogP contribution in [0.4, 0.5) is 0 Å². The Morgan fingerprint density at radius 3 is 3.11 bits per heavy atom. The lowest BCUT2D eigenvalue weighted by Gasteiger charge is -2.15. The topological polar surface area (TPSA) is 59.8 Å². The van der Waals surface area contributed by atoms with Gasteiger partial charge in [-0.05, 0) is 34.5 Å². The van der Waals surface area contributed by atoms with E-state index < -0.39 is 0 Å². The number of pyridine rings is 1. The van der Waals surface area contributed by atoms with Crippen LogP contribution in [0.1, 0.15) is 21.6 Å². The van der Waals surface area contributed by atoms with Gasteiger partial charge in [0.2, 0.25) is 0 Å². The molecule has 1 N–H and O–H groups in total. The zero-order valence-electron chi connectivity index (χ0n) is 9.77. The van der Waals surface area contributed by atoms with Crippen molar-refractivity contribution >= 4 is 21.8 Å². The SMILES string of the molecule is Cc1cnc(Br)cc1-n1ncc2c1CCNC2=O. The van der Waals surface area contributed by atoms with Gasteiger partial charge >= 0.3 is 0 Å². The molecule has 2 aromatic rings. The molecule has 0 aliphatic carbocycles. The Kier molecular flexibility index (Phi) is 2.66. The van der Waals surface area contributed by atoms with Crippen LogP contribution in [0.15, 0.2) is 23.1 Å². The number of nitrogens with zero attached hydrogens (tertiary/aromatic N) is 3. The van der Waals surface area contributed by atoms with Gasteiger partial charge in [0.1, 0.15) is 4.60 Å². The van der Waals surface area contributed by atoms with E-state index in [1.165, 1.54) is 0 Å². The third-order valence-electron chi connectivity index (χ3n) is 3.03. The number of hydrogen-bond acceptors (Lipinski definition) is 3. The highest BCUT2D eigenvalue weighted by Gasteiger charge is 2.22. The van der Waals surface area contributed by atoms with E-state index in [4.69, 9.17) is 0 Å². The molecule has 5 nitrogen and oxygen atoms in total. The van der Waals surface area contributed by atoms with Crippen molar-refractivity contribution in [3.8, 4) is 5.69 Å². The van der Waals surface area contributed by atoms with Crippen molar-refractivity contribution in [2.75, 3.05) is 6.54 Å².